The minimum Gasteiger partial charge on any atom is -0.356 e. The van der Waals surface area contributed by atoms with Gasteiger partial charge >= 0.3 is 0 Å². The summed E-state index contributed by atoms with van der Waals surface area (Å²) in [7, 11) is 0. The Morgan fingerprint density at radius 1 is 1.44 bits per heavy atom. The Hall–Kier alpha value is -0.280. The highest BCUT2D eigenvalue weighted by atomic mass is 35.5. The van der Waals surface area contributed by atoms with Crippen molar-refractivity contribution in [2.75, 3.05) is 19.6 Å². The number of hydrogen-bond acceptors (Lipinski definition) is 2. The number of halogens is 1. The van der Waals surface area contributed by atoms with Gasteiger partial charge < -0.3 is 10.6 Å². The van der Waals surface area contributed by atoms with Crippen molar-refractivity contribution in [2.24, 2.45) is 17.3 Å². The zero-order valence-electron chi connectivity index (χ0n) is 9.63. The maximum Gasteiger partial charge on any atom is 0.223 e. The van der Waals surface area contributed by atoms with E-state index in [1.807, 2.05) is 0 Å². The van der Waals surface area contributed by atoms with Crippen LogP contribution in [0, 0.1) is 17.3 Å². The Morgan fingerprint density at radius 3 is 2.88 bits per heavy atom. The predicted octanol–water partition coefficient (Wildman–Crippen LogP) is 1.32. The molecule has 0 aromatic heterocycles. The summed E-state index contributed by atoms with van der Waals surface area (Å²) in [4.78, 5) is 11.8. The molecule has 0 radical (unpaired) electrons. The molecule has 0 aromatic carbocycles. The van der Waals surface area contributed by atoms with Crippen LogP contribution in [0.25, 0.3) is 0 Å². The molecule has 1 heterocycles. The molecule has 0 aromatic rings. The SMILES string of the molecule is Cl.O=C(NCCC1CC1)C1CC12CCNC2. The number of carbonyl (C=O) groups is 1. The second-order valence-corrected chi connectivity index (χ2v) is 5.57. The summed E-state index contributed by atoms with van der Waals surface area (Å²) in [5.41, 5.74) is 0.365. The molecule has 2 saturated carbocycles. The largest absolute Gasteiger partial charge is 0.356 e. The first kappa shape index (κ1) is 12.2. The van der Waals surface area contributed by atoms with E-state index >= 15 is 0 Å². The van der Waals surface area contributed by atoms with Gasteiger partial charge in [0.1, 0.15) is 0 Å². The molecule has 0 bridgehead atoms. The van der Waals surface area contributed by atoms with Crippen LogP contribution in [0.2, 0.25) is 0 Å². The van der Waals surface area contributed by atoms with Crippen LogP contribution in [0.3, 0.4) is 0 Å². The van der Waals surface area contributed by atoms with Gasteiger partial charge in [-0.1, -0.05) is 12.8 Å². The van der Waals surface area contributed by atoms with Crippen molar-refractivity contribution in [3.8, 4) is 0 Å². The van der Waals surface area contributed by atoms with Crippen LogP contribution in [0.5, 0.6) is 0 Å². The molecule has 3 fully saturated rings. The highest BCUT2D eigenvalue weighted by molar-refractivity contribution is 5.85. The number of hydrogen-bond donors (Lipinski definition) is 2. The average molecular weight is 245 g/mol. The number of rotatable bonds is 4. The van der Waals surface area contributed by atoms with E-state index in [-0.39, 0.29) is 12.4 Å². The first-order valence-electron chi connectivity index (χ1n) is 6.29. The third kappa shape index (κ3) is 2.35. The van der Waals surface area contributed by atoms with E-state index in [0.717, 1.165) is 32.0 Å². The molecule has 2 aliphatic carbocycles. The molecule has 3 rings (SSSR count). The monoisotopic (exact) mass is 244 g/mol. The Morgan fingerprint density at radius 2 is 2.25 bits per heavy atom. The van der Waals surface area contributed by atoms with Crippen molar-refractivity contribution in [3.63, 3.8) is 0 Å². The number of nitrogens with one attached hydrogen (secondary N) is 2. The van der Waals surface area contributed by atoms with E-state index in [1.54, 1.807) is 0 Å². The second-order valence-electron chi connectivity index (χ2n) is 5.57. The summed E-state index contributed by atoms with van der Waals surface area (Å²) in [6.45, 7) is 3.07. The Bertz CT molecular complexity index is 272. The van der Waals surface area contributed by atoms with Gasteiger partial charge in [0, 0.05) is 19.0 Å². The van der Waals surface area contributed by atoms with Crippen LogP contribution in [0.4, 0.5) is 0 Å². The fourth-order valence-electron chi connectivity index (χ4n) is 2.88. The number of carbonyl (C=O) groups excluding carboxylic acids is 1. The van der Waals surface area contributed by atoms with E-state index in [1.165, 1.54) is 25.7 Å². The first-order valence-corrected chi connectivity index (χ1v) is 6.29. The maximum atomic E-state index is 11.8. The van der Waals surface area contributed by atoms with Gasteiger partial charge in [0.2, 0.25) is 5.91 Å². The minimum atomic E-state index is 0. The van der Waals surface area contributed by atoms with Crippen molar-refractivity contribution < 1.29 is 4.79 Å². The second kappa shape index (κ2) is 4.53. The first-order chi connectivity index (χ1) is 7.30. The zero-order chi connectivity index (χ0) is 10.3. The normalized spacial score (nSPS) is 35.9. The summed E-state index contributed by atoms with van der Waals surface area (Å²) < 4.78 is 0. The third-order valence-corrected chi connectivity index (χ3v) is 4.33. The van der Waals surface area contributed by atoms with Crippen LogP contribution < -0.4 is 10.6 Å². The van der Waals surface area contributed by atoms with E-state index < -0.39 is 0 Å². The molecule has 2 atom stereocenters. The van der Waals surface area contributed by atoms with E-state index in [0.29, 0.717) is 17.2 Å². The van der Waals surface area contributed by atoms with Crippen molar-refractivity contribution in [1.82, 2.24) is 10.6 Å². The molecule has 92 valence electrons. The smallest absolute Gasteiger partial charge is 0.223 e. The van der Waals surface area contributed by atoms with Crippen molar-refractivity contribution in [2.45, 2.75) is 32.1 Å². The molecule has 16 heavy (non-hydrogen) atoms. The van der Waals surface area contributed by atoms with Gasteiger partial charge in [-0.3, -0.25) is 4.79 Å². The van der Waals surface area contributed by atoms with Gasteiger partial charge in [0.15, 0.2) is 0 Å². The molecule has 2 unspecified atom stereocenters. The van der Waals surface area contributed by atoms with E-state index in [4.69, 9.17) is 0 Å². The van der Waals surface area contributed by atoms with Crippen LogP contribution in [-0.4, -0.2) is 25.5 Å². The maximum absolute atomic E-state index is 11.8. The molecule has 1 spiro atoms. The quantitative estimate of drug-likeness (QED) is 0.783. The lowest BCUT2D eigenvalue weighted by molar-refractivity contribution is -0.123. The molecular weight excluding hydrogens is 224 g/mol. The van der Waals surface area contributed by atoms with Gasteiger partial charge in [-0.15, -0.1) is 12.4 Å². The predicted molar refractivity (Wildman–Crippen MR) is 65.6 cm³/mol. The standard InChI is InChI=1S/C12H20N2O.ClH/c15-11(14-5-3-9-1-2-9)10-7-12(10)4-6-13-8-12;/h9-10,13H,1-8H2,(H,14,15);1H. The molecule has 3 aliphatic rings. The lowest BCUT2D eigenvalue weighted by Gasteiger charge is -2.08. The molecule has 2 N–H and O–H groups in total. The summed E-state index contributed by atoms with van der Waals surface area (Å²) in [6, 6.07) is 0. The highest BCUT2D eigenvalue weighted by Crippen LogP contribution is 2.56. The molecular formula is C12H21ClN2O. The lowest BCUT2D eigenvalue weighted by Crippen LogP contribution is -2.29. The van der Waals surface area contributed by atoms with Crippen LogP contribution >= 0.6 is 12.4 Å². The summed E-state index contributed by atoms with van der Waals surface area (Å²) in [5, 5.41) is 6.46. The number of amides is 1. The zero-order valence-corrected chi connectivity index (χ0v) is 10.4. The van der Waals surface area contributed by atoms with Gasteiger partial charge in [0.25, 0.3) is 0 Å². The van der Waals surface area contributed by atoms with Crippen molar-refractivity contribution >= 4 is 18.3 Å². The Kier molecular flexibility index (Phi) is 3.45. The highest BCUT2D eigenvalue weighted by Gasteiger charge is 2.58. The van der Waals surface area contributed by atoms with Gasteiger partial charge in [-0.2, -0.15) is 0 Å². The molecule has 4 heteroatoms. The van der Waals surface area contributed by atoms with E-state index in [2.05, 4.69) is 10.6 Å². The van der Waals surface area contributed by atoms with Gasteiger partial charge in [-0.25, -0.2) is 0 Å². The summed E-state index contributed by atoms with van der Waals surface area (Å²) in [6.07, 6.45) is 6.28. The van der Waals surface area contributed by atoms with Crippen LogP contribution in [-0.2, 0) is 4.79 Å². The molecule has 1 amide bonds. The van der Waals surface area contributed by atoms with Crippen LogP contribution in [0.1, 0.15) is 32.1 Å². The van der Waals surface area contributed by atoms with Gasteiger partial charge in [0.05, 0.1) is 0 Å². The van der Waals surface area contributed by atoms with Crippen LogP contribution in [0.15, 0.2) is 0 Å². The minimum absolute atomic E-state index is 0. The summed E-state index contributed by atoms with van der Waals surface area (Å²) in [5.74, 6) is 1.57. The van der Waals surface area contributed by atoms with Gasteiger partial charge in [-0.05, 0) is 37.1 Å². The van der Waals surface area contributed by atoms with E-state index in [9.17, 15) is 4.79 Å². The molecule has 1 aliphatic heterocycles. The Labute approximate surface area is 103 Å². The summed E-state index contributed by atoms with van der Waals surface area (Å²) >= 11 is 0. The fourth-order valence-corrected chi connectivity index (χ4v) is 2.88. The molecule has 3 nitrogen and oxygen atoms in total. The molecule has 1 saturated heterocycles. The third-order valence-electron chi connectivity index (χ3n) is 4.33. The van der Waals surface area contributed by atoms with Crippen molar-refractivity contribution in [1.29, 1.82) is 0 Å². The fraction of sp³-hybridized carbons (Fsp3) is 0.917. The van der Waals surface area contributed by atoms with Crippen molar-refractivity contribution in [3.05, 3.63) is 0 Å². The lowest BCUT2D eigenvalue weighted by atomic mass is 10.0. The average Bonchev–Trinajstić information content (AvgIpc) is 3.07. The topological polar surface area (TPSA) is 41.1 Å². The Balaban J connectivity index is 0.000000963.